The maximum atomic E-state index is 4.51. The molecular formula is C21H22N2. The minimum Gasteiger partial charge on any atom is -0.263 e. The zero-order chi connectivity index (χ0) is 16.4. The maximum absolute atomic E-state index is 4.51. The molecule has 0 amide bonds. The fourth-order valence-corrected chi connectivity index (χ4v) is 2.66. The molecule has 116 valence electrons. The third-order valence-electron chi connectivity index (χ3n) is 4.06. The van der Waals surface area contributed by atoms with E-state index in [-0.39, 0.29) is 5.41 Å². The van der Waals surface area contributed by atoms with Crippen molar-refractivity contribution >= 4 is 0 Å². The van der Waals surface area contributed by atoms with Crippen LogP contribution in [-0.4, -0.2) is 9.97 Å². The molecule has 23 heavy (non-hydrogen) atoms. The first-order valence-electron chi connectivity index (χ1n) is 7.93. The standard InChI is InChI=1S/C21H22N2/c1-15-7-5-6-8-19(15)18-11-17(13-22-14-18)16-9-10-23-20(12-16)21(2,3)4/h5-14H,1-4H3. The second-order valence-electron chi connectivity index (χ2n) is 6.96. The predicted octanol–water partition coefficient (Wildman–Crippen LogP) is 5.42. The van der Waals surface area contributed by atoms with Crippen LogP contribution in [0.5, 0.6) is 0 Å². The highest BCUT2D eigenvalue weighted by Crippen LogP contribution is 2.29. The van der Waals surface area contributed by atoms with Crippen LogP contribution in [0.25, 0.3) is 22.3 Å². The minimum atomic E-state index is 0.0388. The first kappa shape index (κ1) is 15.4. The molecule has 0 unspecified atom stereocenters. The largest absolute Gasteiger partial charge is 0.263 e. The molecule has 3 aromatic rings. The van der Waals surface area contributed by atoms with E-state index in [1.807, 2.05) is 24.7 Å². The molecule has 0 fully saturated rings. The number of hydrogen-bond acceptors (Lipinski definition) is 2. The Morgan fingerprint density at radius 2 is 1.57 bits per heavy atom. The van der Waals surface area contributed by atoms with Gasteiger partial charge in [-0.2, -0.15) is 0 Å². The van der Waals surface area contributed by atoms with E-state index in [0.717, 1.165) is 22.4 Å². The highest BCUT2D eigenvalue weighted by molar-refractivity contribution is 5.73. The molecule has 0 radical (unpaired) electrons. The molecule has 0 saturated heterocycles. The minimum absolute atomic E-state index is 0.0388. The molecule has 0 atom stereocenters. The number of rotatable bonds is 2. The predicted molar refractivity (Wildman–Crippen MR) is 96.3 cm³/mol. The molecule has 2 heteroatoms. The summed E-state index contributed by atoms with van der Waals surface area (Å²) >= 11 is 0. The molecule has 0 aliphatic rings. The van der Waals surface area contributed by atoms with Crippen LogP contribution < -0.4 is 0 Å². The van der Waals surface area contributed by atoms with E-state index in [4.69, 9.17) is 0 Å². The second kappa shape index (κ2) is 5.96. The summed E-state index contributed by atoms with van der Waals surface area (Å²) in [6, 6.07) is 14.8. The lowest BCUT2D eigenvalue weighted by Gasteiger charge is -2.18. The van der Waals surface area contributed by atoms with Gasteiger partial charge in [0.2, 0.25) is 0 Å². The SMILES string of the molecule is Cc1ccccc1-c1cncc(-c2ccnc(C(C)(C)C)c2)c1. The number of aryl methyl sites for hydroxylation is 1. The molecular weight excluding hydrogens is 280 g/mol. The lowest BCUT2D eigenvalue weighted by molar-refractivity contribution is 0.569. The Morgan fingerprint density at radius 1 is 0.826 bits per heavy atom. The lowest BCUT2D eigenvalue weighted by Crippen LogP contribution is -2.13. The van der Waals surface area contributed by atoms with Crippen molar-refractivity contribution in [1.82, 2.24) is 9.97 Å². The van der Waals surface area contributed by atoms with E-state index in [1.165, 1.54) is 11.1 Å². The molecule has 3 rings (SSSR count). The summed E-state index contributed by atoms with van der Waals surface area (Å²) in [5.74, 6) is 0. The number of pyridine rings is 2. The smallest absolute Gasteiger partial charge is 0.0463 e. The highest BCUT2D eigenvalue weighted by atomic mass is 14.7. The van der Waals surface area contributed by atoms with E-state index in [0.29, 0.717) is 0 Å². The van der Waals surface area contributed by atoms with Crippen LogP contribution in [0.4, 0.5) is 0 Å². The molecule has 0 spiro atoms. The zero-order valence-electron chi connectivity index (χ0n) is 14.2. The van der Waals surface area contributed by atoms with Crippen LogP contribution in [0, 0.1) is 6.92 Å². The van der Waals surface area contributed by atoms with Crippen molar-refractivity contribution in [2.45, 2.75) is 33.1 Å². The van der Waals surface area contributed by atoms with Gasteiger partial charge in [-0.15, -0.1) is 0 Å². The van der Waals surface area contributed by atoms with Gasteiger partial charge in [-0.3, -0.25) is 9.97 Å². The number of benzene rings is 1. The van der Waals surface area contributed by atoms with Crippen molar-refractivity contribution in [3.8, 4) is 22.3 Å². The van der Waals surface area contributed by atoms with Gasteiger partial charge in [0.1, 0.15) is 0 Å². The normalized spacial score (nSPS) is 11.5. The van der Waals surface area contributed by atoms with Crippen molar-refractivity contribution in [2.24, 2.45) is 0 Å². The zero-order valence-corrected chi connectivity index (χ0v) is 14.2. The Labute approximate surface area is 138 Å². The average molecular weight is 302 g/mol. The first-order chi connectivity index (χ1) is 10.9. The van der Waals surface area contributed by atoms with Crippen LogP contribution in [-0.2, 0) is 5.41 Å². The second-order valence-corrected chi connectivity index (χ2v) is 6.96. The molecule has 0 aliphatic carbocycles. The first-order valence-corrected chi connectivity index (χ1v) is 7.93. The molecule has 2 heterocycles. The molecule has 0 bridgehead atoms. The molecule has 0 N–H and O–H groups in total. The van der Waals surface area contributed by atoms with Gasteiger partial charge in [0.05, 0.1) is 0 Å². The van der Waals surface area contributed by atoms with Crippen molar-refractivity contribution in [1.29, 1.82) is 0 Å². The van der Waals surface area contributed by atoms with Crippen LogP contribution in [0.2, 0.25) is 0 Å². The number of aromatic nitrogens is 2. The Balaban J connectivity index is 2.06. The van der Waals surface area contributed by atoms with Gasteiger partial charge in [-0.05, 0) is 41.8 Å². The van der Waals surface area contributed by atoms with Gasteiger partial charge in [-0.1, -0.05) is 45.0 Å². The highest BCUT2D eigenvalue weighted by Gasteiger charge is 2.16. The van der Waals surface area contributed by atoms with E-state index < -0.39 is 0 Å². The van der Waals surface area contributed by atoms with Gasteiger partial charge in [0, 0.05) is 40.8 Å². The van der Waals surface area contributed by atoms with Crippen molar-refractivity contribution in [3.05, 3.63) is 72.3 Å². The third-order valence-corrected chi connectivity index (χ3v) is 4.06. The Morgan fingerprint density at radius 3 is 2.30 bits per heavy atom. The van der Waals surface area contributed by atoms with E-state index in [1.54, 1.807) is 0 Å². The quantitative estimate of drug-likeness (QED) is 0.632. The summed E-state index contributed by atoms with van der Waals surface area (Å²) in [5, 5.41) is 0. The van der Waals surface area contributed by atoms with Gasteiger partial charge in [0.25, 0.3) is 0 Å². The molecule has 2 aromatic heterocycles. The molecule has 2 nitrogen and oxygen atoms in total. The fourth-order valence-electron chi connectivity index (χ4n) is 2.66. The summed E-state index contributed by atoms with van der Waals surface area (Å²) in [6.07, 6.45) is 5.73. The lowest BCUT2D eigenvalue weighted by atomic mass is 9.90. The number of hydrogen-bond donors (Lipinski definition) is 0. The molecule has 1 aromatic carbocycles. The van der Waals surface area contributed by atoms with Crippen molar-refractivity contribution < 1.29 is 0 Å². The van der Waals surface area contributed by atoms with Crippen LogP contribution >= 0.6 is 0 Å². The van der Waals surface area contributed by atoms with Gasteiger partial charge < -0.3 is 0 Å². The van der Waals surface area contributed by atoms with Crippen LogP contribution in [0.3, 0.4) is 0 Å². The monoisotopic (exact) mass is 302 g/mol. The third kappa shape index (κ3) is 3.31. The summed E-state index contributed by atoms with van der Waals surface area (Å²) < 4.78 is 0. The van der Waals surface area contributed by atoms with Gasteiger partial charge in [-0.25, -0.2) is 0 Å². The molecule has 0 aliphatic heterocycles. The number of nitrogens with zero attached hydrogens (tertiary/aromatic N) is 2. The van der Waals surface area contributed by atoms with Crippen molar-refractivity contribution in [3.63, 3.8) is 0 Å². The topological polar surface area (TPSA) is 25.8 Å². The van der Waals surface area contributed by atoms with E-state index in [9.17, 15) is 0 Å². The summed E-state index contributed by atoms with van der Waals surface area (Å²) in [7, 11) is 0. The summed E-state index contributed by atoms with van der Waals surface area (Å²) in [6.45, 7) is 8.68. The Bertz CT molecular complexity index is 829. The fraction of sp³-hybridized carbons (Fsp3) is 0.238. The van der Waals surface area contributed by atoms with E-state index >= 15 is 0 Å². The van der Waals surface area contributed by atoms with Crippen LogP contribution in [0.1, 0.15) is 32.0 Å². The van der Waals surface area contributed by atoms with Crippen molar-refractivity contribution in [2.75, 3.05) is 0 Å². The molecule has 0 saturated carbocycles. The summed E-state index contributed by atoms with van der Waals surface area (Å²) in [4.78, 5) is 8.96. The summed E-state index contributed by atoms with van der Waals surface area (Å²) in [5.41, 5.74) is 7.05. The average Bonchev–Trinajstić information content (AvgIpc) is 2.55. The van der Waals surface area contributed by atoms with Crippen LogP contribution in [0.15, 0.2) is 61.1 Å². The van der Waals surface area contributed by atoms with E-state index in [2.05, 4.69) is 74.1 Å². The van der Waals surface area contributed by atoms with Gasteiger partial charge in [0.15, 0.2) is 0 Å². The Hall–Kier alpha value is -2.48. The van der Waals surface area contributed by atoms with Gasteiger partial charge >= 0.3 is 0 Å². The maximum Gasteiger partial charge on any atom is 0.0463 e. The Kier molecular flexibility index (Phi) is 3.99.